The molecule has 0 heterocycles. The second-order valence-electron chi connectivity index (χ2n) is 4.36. The van der Waals surface area contributed by atoms with Crippen LogP contribution in [0.3, 0.4) is 0 Å². The molecule has 0 amide bonds. The maximum absolute atomic E-state index is 10.1. The number of benzene rings is 1. The van der Waals surface area contributed by atoms with Crippen molar-refractivity contribution in [1.82, 2.24) is 4.90 Å². The van der Waals surface area contributed by atoms with Gasteiger partial charge in [0.05, 0.1) is 12.7 Å². The van der Waals surface area contributed by atoms with Gasteiger partial charge in [0.1, 0.15) is 0 Å². The van der Waals surface area contributed by atoms with E-state index in [0.29, 0.717) is 0 Å². The van der Waals surface area contributed by atoms with E-state index in [0.717, 1.165) is 42.8 Å². The van der Waals surface area contributed by atoms with Crippen LogP contribution in [0, 0.1) is 0 Å². The lowest BCUT2D eigenvalue weighted by Gasteiger charge is -2.19. The number of hydrogen-bond acceptors (Lipinski definition) is 3. The second kappa shape index (κ2) is 8.64. The minimum Gasteiger partial charge on any atom is -0.388 e. The van der Waals surface area contributed by atoms with E-state index >= 15 is 0 Å². The van der Waals surface area contributed by atoms with E-state index in [1.54, 1.807) is 0 Å². The Morgan fingerprint density at radius 3 is 2.83 bits per heavy atom. The van der Waals surface area contributed by atoms with Crippen molar-refractivity contribution in [3.63, 3.8) is 0 Å². The van der Waals surface area contributed by atoms with E-state index in [-0.39, 0.29) is 0 Å². The van der Waals surface area contributed by atoms with Crippen molar-refractivity contribution < 1.29 is 9.84 Å². The number of hydrogen-bond donors (Lipinski definition) is 1. The van der Waals surface area contributed by atoms with Gasteiger partial charge in [0.2, 0.25) is 0 Å². The van der Waals surface area contributed by atoms with Gasteiger partial charge in [-0.05, 0) is 38.1 Å². The van der Waals surface area contributed by atoms with Crippen molar-refractivity contribution in [1.29, 1.82) is 0 Å². The molecule has 1 N–H and O–H groups in total. The molecule has 0 spiro atoms. The fraction of sp³-hybridized carbons (Fsp3) is 0.571. The van der Waals surface area contributed by atoms with Gasteiger partial charge in [0.15, 0.2) is 0 Å². The van der Waals surface area contributed by atoms with E-state index in [9.17, 15) is 5.11 Å². The van der Waals surface area contributed by atoms with Crippen LogP contribution in [-0.4, -0.2) is 43.4 Å². The summed E-state index contributed by atoms with van der Waals surface area (Å²) < 4.78 is 6.30. The fourth-order valence-electron chi connectivity index (χ4n) is 1.70. The summed E-state index contributed by atoms with van der Waals surface area (Å²) in [6, 6.07) is 7.83. The molecule has 0 aromatic heterocycles. The Labute approximate surface area is 118 Å². The lowest BCUT2D eigenvalue weighted by atomic mass is 10.1. The third-order valence-corrected chi connectivity index (χ3v) is 3.33. The highest BCUT2D eigenvalue weighted by molar-refractivity contribution is 9.10. The Kier molecular flexibility index (Phi) is 7.51. The summed E-state index contributed by atoms with van der Waals surface area (Å²) >= 11 is 3.41. The van der Waals surface area contributed by atoms with Gasteiger partial charge in [-0.25, -0.2) is 0 Å². The lowest BCUT2D eigenvalue weighted by Crippen LogP contribution is -2.25. The lowest BCUT2D eigenvalue weighted by molar-refractivity contribution is 0.109. The van der Waals surface area contributed by atoms with Crippen molar-refractivity contribution in [2.75, 3.05) is 33.4 Å². The van der Waals surface area contributed by atoms with Gasteiger partial charge in [-0.1, -0.05) is 28.1 Å². The standard InChI is InChI=1S/C14H22BrNO2/c1-3-18-10-9-16(2)8-7-14(17)12-5-4-6-13(15)11-12/h4-6,11,14,17H,3,7-10H2,1-2H3. The quantitative estimate of drug-likeness (QED) is 0.749. The molecular weight excluding hydrogens is 294 g/mol. The summed E-state index contributed by atoms with van der Waals surface area (Å²) in [5.74, 6) is 0. The zero-order valence-corrected chi connectivity index (χ0v) is 12.7. The zero-order chi connectivity index (χ0) is 13.4. The monoisotopic (exact) mass is 315 g/mol. The molecule has 1 aromatic carbocycles. The molecule has 1 unspecified atom stereocenters. The molecule has 1 aromatic rings. The molecule has 0 aliphatic rings. The van der Waals surface area contributed by atoms with Crippen LogP contribution in [0.4, 0.5) is 0 Å². The van der Waals surface area contributed by atoms with E-state index < -0.39 is 6.10 Å². The van der Waals surface area contributed by atoms with E-state index in [4.69, 9.17) is 4.74 Å². The van der Waals surface area contributed by atoms with Crippen molar-refractivity contribution in [3.05, 3.63) is 34.3 Å². The topological polar surface area (TPSA) is 32.7 Å². The van der Waals surface area contributed by atoms with Gasteiger partial charge in [-0.3, -0.25) is 0 Å². The molecular formula is C14H22BrNO2. The number of rotatable bonds is 8. The highest BCUT2D eigenvalue weighted by Gasteiger charge is 2.09. The van der Waals surface area contributed by atoms with Crippen LogP contribution in [0.1, 0.15) is 25.0 Å². The summed E-state index contributed by atoms with van der Waals surface area (Å²) in [5.41, 5.74) is 0.961. The molecule has 1 rings (SSSR count). The predicted molar refractivity (Wildman–Crippen MR) is 77.7 cm³/mol. The zero-order valence-electron chi connectivity index (χ0n) is 11.1. The fourth-order valence-corrected chi connectivity index (χ4v) is 2.12. The van der Waals surface area contributed by atoms with Crippen LogP contribution in [-0.2, 0) is 4.74 Å². The number of nitrogens with zero attached hydrogens (tertiary/aromatic N) is 1. The van der Waals surface area contributed by atoms with Crippen LogP contribution < -0.4 is 0 Å². The molecule has 0 fully saturated rings. The minimum absolute atomic E-state index is 0.406. The molecule has 0 aliphatic heterocycles. The first-order chi connectivity index (χ1) is 8.63. The van der Waals surface area contributed by atoms with Gasteiger partial charge in [-0.15, -0.1) is 0 Å². The number of halogens is 1. The first-order valence-electron chi connectivity index (χ1n) is 6.33. The van der Waals surface area contributed by atoms with Gasteiger partial charge >= 0.3 is 0 Å². The van der Waals surface area contributed by atoms with Gasteiger partial charge < -0.3 is 14.7 Å². The Morgan fingerprint density at radius 1 is 1.39 bits per heavy atom. The van der Waals surface area contributed by atoms with Crippen LogP contribution in [0.2, 0.25) is 0 Å². The first kappa shape index (κ1) is 15.6. The number of aliphatic hydroxyl groups excluding tert-OH is 1. The van der Waals surface area contributed by atoms with Crippen molar-refractivity contribution in [2.45, 2.75) is 19.4 Å². The predicted octanol–water partition coefficient (Wildman–Crippen LogP) is 2.84. The number of ether oxygens (including phenoxy) is 1. The minimum atomic E-state index is -0.406. The molecule has 0 saturated carbocycles. The molecule has 0 saturated heterocycles. The first-order valence-corrected chi connectivity index (χ1v) is 7.12. The van der Waals surface area contributed by atoms with Gasteiger partial charge in [0, 0.05) is 24.2 Å². The Hall–Kier alpha value is -0.420. The largest absolute Gasteiger partial charge is 0.388 e. The van der Waals surface area contributed by atoms with Crippen molar-refractivity contribution >= 4 is 15.9 Å². The Balaban J connectivity index is 2.30. The normalized spacial score (nSPS) is 12.9. The highest BCUT2D eigenvalue weighted by atomic mass is 79.9. The summed E-state index contributed by atoms with van der Waals surface area (Å²) in [4.78, 5) is 2.18. The molecule has 18 heavy (non-hydrogen) atoms. The Morgan fingerprint density at radius 2 is 2.17 bits per heavy atom. The second-order valence-corrected chi connectivity index (χ2v) is 5.28. The van der Waals surface area contributed by atoms with Crippen molar-refractivity contribution in [2.24, 2.45) is 0 Å². The van der Waals surface area contributed by atoms with E-state index in [2.05, 4.69) is 20.8 Å². The summed E-state index contributed by atoms with van der Waals surface area (Å²) in [6.07, 6.45) is 0.330. The number of likely N-dealkylation sites (N-methyl/N-ethyl adjacent to an activating group) is 1. The summed E-state index contributed by atoms with van der Waals surface area (Å²) in [5, 5.41) is 10.1. The summed E-state index contributed by atoms with van der Waals surface area (Å²) in [7, 11) is 2.05. The molecule has 0 aliphatic carbocycles. The average Bonchev–Trinajstić information content (AvgIpc) is 2.36. The molecule has 3 nitrogen and oxygen atoms in total. The van der Waals surface area contributed by atoms with E-state index in [1.807, 2.05) is 38.2 Å². The Bertz CT molecular complexity index is 346. The molecule has 0 radical (unpaired) electrons. The van der Waals surface area contributed by atoms with Crippen molar-refractivity contribution in [3.8, 4) is 0 Å². The third kappa shape index (κ3) is 5.96. The average molecular weight is 316 g/mol. The maximum Gasteiger partial charge on any atom is 0.0802 e. The third-order valence-electron chi connectivity index (χ3n) is 2.84. The van der Waals surface area contributed by atoms with Crippen LogP contribution >= 0.6 is 15.9 Å². The van der Waals surface area contributed by atoms with Gasteiger partial charge in [-0.2, -0.15) is 0 Å². The molecule has 0 bridgehead atoms. The van der Waals surface area contributed by atoms with Crippen LogP contribution in [0.5, 0.6) is 0 Å². The maximum atomic E-state index is 10.1. The SMILES string of the molecule is CCOCCN(C)CCC(O)c1cccc(Br)c1. The molecule has 102 valence electrons. The van der Waals surface area contributed by atoms with E-state index in [1.165, 1.54) is 0 Å². The smallest absolute Gasteiger partial charge is 0.0802 e. The highest BCUT2D eigenvalue weighted by Crippen LogP contribution is 2.20. The molecule has 4 heteroatoms. The number of aliphatic hydroxyl groups is 1. The molecule has 1 atom stereocenters. The summed E-state index contributed by atoms with van der Waals surface area (Å²) in [6.45, 7) is 5.27. The van der Waals surface area contributed by atoms with Crippen LogP contribution in [0.15, 0.2) is 28.7 Å². The van der Waals surface area contributed by atoms with Gasteiger partial charge in [0.25, 0.3) is 0 Å². The van der Waals surface area contributed by atoms with Crippen LogP contribution in [0.25, 0.3) is 0 Å².